The van der Waals surface area contributed by atoms with Gasteiger partial charge in [0.1, 0.15) is 12.4 Å². The average molecular weight is 361 g/mol. The second-order valence-electron chi connectivity index (χ2n) is 7.30. The van der Waals surface area contributed by atoms with Gasteiger partial charge in [-0.05, 0) is 31.7 Å². The topological polar surface area (TPSA) is 46.6 Å². The summed E-state index contributed by atoms with van der Waals surface area (Å²) in [6, 6.07) is 7.64. The molecule has 27 heavy (non-hydrogen) atoms. The van der Waals surface area contributed by atoms with E-state index in [9.17, 15) is 9.59 Å². The Morgan fingerprint density at radius 3 is 2.22 bits per heavy atom. The first-order chi connectivity index (χ1) is 13.1. The number of rotatable bonds is 3. The molecule has 0 fully saturated rings. The SMILES string of the molecule is C#CCOc1ccccc1C1C2=C(CCCC2=O)N(C)C2=C1C(=O)CCC2. The van der Waals surface area contributed by atoms with Crippen LogP contribution in [0.4, 0.5) is 0 Å². The number of hydrogen-bond acceptors (Lipinski definition) is 4. The molecule has 0 unspecified atom stereocenters. The third-order valence-corrected chi connectivity index (χ3v) is 5.79. The molecule has 1 aliphatic heterocycles. The minimum absolute atomic E-state index is 0.143. The quantitative estimate of drug-likeness (QED) is 0.770. The third kappa shape index (κ3) is 2.88. The normalized spacial score (nSPS) is 20.4. The van der Waals surface area contributed by atoms with Crippen LogP contribution < -0.4 is 4.74 Å². The number of allylic oxidation sites excluding steroid dienone is 4. The molecule has 1 aromatic carbocycles. The number of nitrogens with zero attached hydrogens (tertiary/aromatic N) is 1. The van der Waals surface area contributed by atoms with Crippen molar-refractivity contribution in [2.75, 3.05) is 13.7 Å². The number of hydrogen-bond donors (Lipinski definition) is 0. The Hall–Kier alpha value is -2.80. The summed E-state index contributed by atoms with van der Waals surface area (Å²) in [6.07, 6.45) is 9.90. The Kier molecular flexibility index (Phi) is 4.61. The van der Waals surface area contributed by atoms with Gasteiger partial charge in [-0.1, -0.05) is 24.1 Å². The Bertz CT molecular complexity index is 872. The molecule has 0 bridgehead atoms. The lowest BCUT2D eigenvalue weighted by Gasteiger charge is -2.42. The number of benzene rings is 1. The van der Waals surface area contributed by atoms with Gasteiger partial charge in [0.25, 0.3) is 0 Å². The van der Waals surface area contributed by atoms with E-state index in [0.717, 1.165) is 53.8 Å². The highest BCUT2D eigenvalue weighted by Crippen LogP contribution is 2.50. The van der Waals surface area contributed by atoms with E-state index in [-0.39, 0.29) is 24.1 Å². The lowest BCUT2D eigenvalue weighted by Crippen LogP contribution is -2.37. The summed E-state index contributed by atoms with van der Waals surface area (Å²) in [5.74, 6) is 3.09. The molecule has 0 atom stereocenters. The summed E-state index contributed by atoms with van der Waals surface area (Å²) >= 11 is 0. The Balaban J connectivity index is 1.94. The number of para-hydroxylation sites is 1. The molecule has 1 aromatic rings. The van der Waals surface area contributed by atoms with Gasteiger partial charge in [-0.15, -0.1) is 6.42 Å². The van der Waals surface area contributed by atoms with Gasteiger partial charge >= 0.3 is 0 Å². The van der Waals surface area contributed by atoms with E-state index in [1.54, 1.807) is 0 Å². The van der Waals surface area contributed by atoms with Crippen molar-refractivity contribution in [3.8, 4) is 18.1 Å². The van der Waals surface area contributed by atoms with Gasteiger partial charge in [0.05, 0.1) is 0 Å². The highest BCUT2D eigenvalue weighted by molar-refractivity contribution is 6.06. The lowest BCUT2D eigenvalue weighted by atomic mass is 9.71. The van der Waals surface area contributed by atoms with E-state index in [2.05, 4.69) is 10.8 Å². The molecule has 2 aliphatic carbocycles. The van der Waals surface area contributed by atoms with Crippen LogP contribution in [0.15, 0.2) is 46.8 Å². The number of carbonyl (C=O) groups is 2. The van der Waals surface area contributed by atoms with Gasteiger partial charge in [0.15, 0.2) is 11.6 Å². The monoisotopic (exact) mass is 361 g/mol. The van der Waals surface area contributed by atoms with Crippen LogP contribution in [0.3, 0.4) is 0 Å². The number of terminal acetylenes is 1. The number of carbonyl (C=O) groups excluding carboxylic acids is 2. The van der Waals surface area contributed by atoms with Crippen molar-refractivity contribution in [1.29, 1.82) is 0 Å². The Morgan fingerprint density at radius 1 is 1.04 bits per heavy atom. The van der Waals surface area contributed by atoms with Crippen LogP contribution in [-0.4, -0.2) is 30.1 Å². The second-order valence-corrected chi connectivity index (χ2v) is 7.30. The predicted octanol–water partition coefficient (Wildman–Crippen LogP) is 3.74. The van der Waals surface area contributed by atoms with E-state index in [0.29, 0.717) is 18.6 Å². The molecule has 4 rings (SSSR count). The number of ether oxygens (including phenoxy) is 1. The minimum Gasteiger partial charge on any atom is -0.481 e. The van der Waals surface area contributed by atoms with Gasteiger partial charge < -0.3 is 9.64 Å². The molecule has 0 amide bonds. The molecule has 4 nitrogen and oxygen atoms in total. The maximum atomic E-state index is 13.0. The van der Waals surface area contributed by atoms with E-state index in [1.165, 1.54) is 0 Å². The maximum Gasteiger partial charge on any atom is 0.161 e. The summed E-state index contributed by atoms with van der Waals surface area (Å²) in [5, 5.41) is 0. The van der Waals surface area contributed by atoms with Crippen molar-refractivity contribution in [3.05, 3.63) is 52.4 Å². The van der Waals surface area contributed by atoms with E-state index >= 15 is 0 Å². The molecule has 0 radical (unpaired) electrons. The fraction of sp³-hybridized carbons (Fsp3) is 0.391. The molecule has 0 spiro atoms. The van der Waals surface area contributed by atoms with Crippen LogP contribution in [-0.2, 0) is 9.59 Å². The average Bonchev–Trinajstić information content (AvgIpc) is 2.68. The van der Waals surface area contributed by atoms with Gasteiger partial charge in [-0.25, -0.2) is 0 Å². The summed E-state index contributed by atoms with van der Waals surface area (Å²) in [5.41, 5.74) is 4.54. The van der Waals surface area contributed by atoms with E-state index < -0.39 is 0 Å². The first-order valence-corrected chi connectivity index (χ1v) is 9.55. The zero-order valence-corrected chi connectivity index (χ0v) is 15.6. The fourth-order valence-corrected chi connectivity index (χ4v) is 4.63. The van der Waals surface area contributed by atoms with E-state index in [1.807, 2.05) is 31.3 Å². The highest BCUT2D eigenvalue weighted by atomic mass is 16.5. The maximum absolute atomic E-state index is 13.0. The summed E-state index contributed by atoms with van der Waals surface area (Å²) in [7, 11) is 2.00. The number of ketones is 2. The molecule has 0 N–H and O–H groups in total. The van der Waals surface area contributed by atoms with E-state index in [4.69, 9.17) is 11.2 Å². The molecule has 0 saturated heterocycles. The Labute approximate surface area is 159 Å². The zero-order chi connectivity index (χ0) is 19.0. The fourth-order valence-electron chi connectivity index (χ4n) is 4.63. The first-order valence-electron chi connectivity index (χ1n) is 9.55. The molecule has 4 heteroatoms. The first kappa shape index (κ1) is 17.6. The summed E-state index contributed by atoms with van der Waals surface area (Å²) in [6.45, 7) is 0.156. The van der Waals surface area contributed by atoms with Crippen LogP contribution in [0.1, 0.15) is 50.0 Å². The van der Waals surface area contributed by atoms with Crippen molar-refractivity contribution in [2.24, 2.45) is 0 Å². The standard InChI is InChI=1S/C23H23NO3/c1-3-14-27-20-13-5-4-8-15(20)21-22-16(9-6-11-18(22)25)24(2)17-10-7-12-19(26)23(17)21/h1,4-5,8,13,21H,6-7,9-12,14H2,2H3. The molecule has 0 saturated carbocycles. The van der Waals surface area contributed by atoms with Crippen LogP contribution in [0.25, 0.3) is 0 Å². The van der Waals surface area contributed by atoms with Crippen molar-refractivity contribution >= 4 is 11.6 Å². The van der Waals surface area contributed by atoms with Crippen LogP contribution in [0.5, 0.6) is 5.75 Å². The third-order valence-electron chi connectivity index (χ3n) is 5.79. The van der Waals surface area contributed by atoms with Gasteiger partial charge in [0, 0.05) is 53.9 Å². The highest BCUT2D eigenvalue weighted by Gasteiger charge is 2.43. The van der Waals surface area contributed by atoms with Crippen LogP contribution in [0.2, 0.25) is 0 Å². The van der Waals surface area contributed by atoms with Crippen molar-refractivity contribution in [3.63, 3.8) is 0 Å². The van der Waals surface area contributed by atoms with Crippen molar-refractivity contribution in [2.45, 2.75) is 44.4 Å². The van der Waals surface area contributed by atoms with Crippen molar-refractivity contribution < 1.29 is 14.3 Å². The summed E-state index contributed by atoms with van der Waals surface area (Å²) < 4.78 is 5.78. The largest absolute Gasteiger partial charge is 0.481 e. The molecular formula is C23H23NO3. The van der Waals surface area contributed by atoms with Gasteiger partial charge in [0.2, 0.25) is 0 Å². The molecular weight excluding hydrogens is 338 g/mol. The van der Waals surface area contributed by atoms with Crippen molar-refractivity contribution in [1.82, 2.24) is 4.90 Å². The molecule has 138 valence electrons. The number of Topliss-reactive ketones (excluding diaryl/α,β-unsaturated/α-hetero) is 2. The lowest BCUT2D eigenvalue weighted by molar-refractivity contribution is -0.117. The predicted molar refractivity (Wildman–Crippen MR) is 103 cm³/mol. The second kappa shape index (κ2) is 7.08. The summed E-state index contributed by atoms with van der Waals surface area (Å²) in [4.78, 5) is 28.1. The molecule has 1 heterocycles. The van der Waals surface area contributed by atoms with Gasteiger partial charge in [-0.2, -0.15) is 0 Å². The zero-order valence-electron chi connectivity index (χ0n) is 15.6. The van der Waals surface area contributed by atoms with Gasteiger partial charge in [-0.3, -0.25) is 9.59 Å². The Morgan fingerprint density at radius 2 is 1.63 bits per heavy atom. The smallest absolute Gasteiger partial charge is 0.161 e. The van der Waals surface area contributed by atoms with Crippen LogP contribution >= 0.6 is 0 Å². The minimum atomic E-state index is -0.347. The molecule has 3 aliphatic rings. The molecule has 0 aromatic heterocycles. The van der Waals surface area contributed by atoms with Crippen LogP contribution in [0, 0.1) is 12.3 Å².